The molecular formula is C9H19NO3S. The van der Waals surface area contributed by atoms with Crippen LogP contribution in [-0.4, -0.2) is 45.7 Å². The van der Waals surface area contributed by atoms with Gasteiger partial charge in [0.2, 0.25) is 0 Å². The van der Waals surface area contributed by atoms with Gasteiger partial charge in [0, 0.05) is 24.9 Å². The third kappa shape index (κ3) is 4.93. The zero-order chi connectivity index (χ0) is 10.6. The first-order valence-electron chi connectivity index (χ1n) is 4.99. The molecule has 1 heterocycles. The fraction of sp³-hybridized carbons (Fsp3) is 1.00. The summed E-state index contributed by atoms with van der Waals surface area (Å²) in [6, 6.07) is 0.331. The van der Waals surface area contributed by atoms with E-state index in [1.54, 1.807) is 0 Å². The Morgan fingerprint density at radius 1 is 1.57 bits per heavy atom. The summed E-state index contributed by atoms with van der Waals surface area (Å²) in [6.45, 7) is 3.43. The number of sulfone groups is 1. The first-order chi connectivity index (χ1) is 6.47. The van der Waals surface area contributed by atoms with E-state index in [2.05, 4.69) is 5.32 Å². The maximum absolute atomic E-state index is 11.0. The van der Waals surface area contributed by atoms with Gasteiger partial charge < -0.3 is 10.1 Å². The lowest BCUT2D eigenvalue weighted by molar-refractivity contribution is 0.0679. The average molecular weight is 221 g/mol. The highest BCUT2D eigenvalue weighted by Gasteiger charge is 2.17. The van der Waals surface area contributed by atoms with Crippen molar-refractivity contribution in [2.75, 3.05) is 25.2 Å². The molecule has 84 valence electrons. The molecule has 0 bridgehead atoms. The molecule has 0 saturated carbocycles. The molecule has 1 N–H and O–H groups in total. The van der Waals surface area contributed by atoms with Crippen LogP contribution in [0.5, 0.6) is 0 Å². The topological polar surface area (TPSA) is 55.4 Å². The highest BCUT2D eigenvalue weighted by Crippen LogP contribution is 2.06. The monoisotopic (exact) mass is 221 g/mol. The van der Waals surface area contributed by atoms with Crippen LogP contribution in [0.2, 0.25) is 0 Å². The summed E-state index contributed by atoms with van der Waals surface area (Å²) < 4.78 is 27.3. The Morgan fingerprint density at radius 3 is 2.79 bits per heavy atom. The number of ether oxygens (including phenoxy) is 1. The largest absolute Gasteiger partial charge is 0.380 e. The summed E-state index contributed by atoms with van der Waals surface area (Å²) in [4.78, 5) is 0. The van der Waals surface area contributed by atoms with Gasteiger partial charge in [-0.15, -0.1) is 0 Å². The number of rotatable bonds is 4. The molecule has 4 nitrogen and oxygen atoms in total. The molecular weight excluding hydrogens is 202 g/mol. The Kier molecular flexibility index (Phi) is 4.34. The molecule has 1 rings (SSSR count). The van der Waals surface area contributed by atoms with E-state index in [0.717, 1.165) is 19.4 Å². The molecule has 1 aliphatic heterocycles. The molecule has 1 fully saturated rings. The third-order valence-corrected chi connectivity index (χ3v) is 3.34. The highest BCUT2D eigenvalue weighted by atomic mass is 32.2. The predicted molar refractivity (Wildman–Crippen MR) is 56.1 cm³/mol. The first kappa shape index (κ1) is 11.9. The number of nitrogens with one attached hydrogen (secondary N) is 1. The van der Waals surface area contributed by atoms with Gasteiger partial charge >= 0.3 is 0 Å². The van der Waals surface area contributed by atoms with Crippen LogP contribution in [0.25, 0.3) is 0 Å². The van der Waals surface area contributed by atoms with E-state index in [1.807, 2.05) is 6.92 Å². The second-order valence-electron chi connectivity index (χ2n) is 4.07. The summed E-state index contributed by atoms with van der Waals surface area (Å²) >= 11 is 0. The predicted octanol–water partition coefficient (Wildman–Crippen LogP) is 0.188. The fourth-order valence-electron chi connectivity index (χ4n) is 1.78. The van der Waals surface area contributed by atoms with Crippen LogP contribution in [-0.2, 0) is 14.6 Å². The Bertz CT molecular complexity index is 257. The van der Waals surface area contributed by atoms with Crippen LogP contribution in [0.1, 0.15) is 19.8 Å². The molecule has 0 aliphatic carbocycles. The van der Waals surface area contributed by atoms with Crippen molar-refractivity contribution in [2.45, 2.75) is 31.8 Å². The van der Waals surface area contributed by atoms with Gasteiger partial charge in [0.15, 0.2) is 0 Å². The van der Waals surface area contributed by atoms with Gasteiger partial charge in [-0.3, -0.25) is 0 Å². The van der Waals surface area contributed by atoms with Crippen molar-refractivity contribution in [1.82, 2.24) is 5.32 Å². The van der Waals surface area contributed by atoms with E-state index < -0.39 is 9.84 Å². The fourth-order valence-corrected chi connectivity index (χ4v) is 2.78. The molecule has 0 aromatic carbocycles. The lowest BCUT2D eigenvalue weighted by atomic mass is 10.1. The van der Waals surface area contributed by atoms with Crippen molar-refractivity contribution in [3.63, 3.8) is 0 Å². The van der Waals surface area contributed by atoms with Crippen LogP contribution in [0.4, 0.5) is 0 Å². The van der Waals surface area contributed by atoms with Gasteiger partial charge in [-0.05, 0) is 19.8 Å². The van der Waals surface area contributed by atoms with Crippen LogP contribution in [0.3, 0.4) is 0 Å². The summed E-state index contributed by atoms with van der Waals surface area (Å²) in [5, 5.41) is 3.27. The highest BCUT2D eigenvalue weighted by molar-refractivity contribution is 7.90. The van der Waals surface area contributed by atoms with Crippen molar-refractivity contribution in [1.29, 1.82) is 0 Å². The molecule has 0 radical (unpaired) electrons. The maximum Gasteiger partial charge on any atom is 0.148 e. The van der Waals surface area contributed by atoms with Crippen molar-refractivity contribution < 1.29 is 13.2 Å². The minimum Gasteiger partial charge on any atom is -0.380 e. The summed E-state index contributed by atoms with van der Waals surface area (Å²) in [5.74, 6) is 0.198. The zero-order valence-electron chi connectivity index (χ0n) is 8.82. The van der Waals surface area contributed by atoms with Crippen molar-refractivity contribution >= 4 is 9.84 Å². The van der Waals surface area contributed by atoms with E-state index in [4.69, 9.17) is 4.74 Å². The van der Waals surface area contributed by atoms with Gasteiger partial charge in [-0.1, -0.05) is 0 Å². The van der Waals surface area contributed by atoms with Crippen LogP contribution >= 0.6 is 0 Å². The van der Waals surface area contributed by atoms with Crippen molar-refractivity contribution in [3.05, 3.63) is 0 Å². The quantitative estimate of drug-likeness (QED) is 0.736. The molecule has 14 heavy (non-hydrogen) atoms. The van der Waals surface area contributed by atoms with Crippen LogP contribution in [0, 0.1) is 0 Å². The van der Waals surface area contributed by atoms with Crippen LogP contribution in [0.15, 0.2) is 0 Å². The molecule has 5 heteroatoms. The molecule has 2 unspecified atom stereocenters. The third-order valence-electron chi connectivity index (χ3n) is 2.23. The molecule has 0 aromatic heterocycles. The average Bonchev–Trinajstić information content (AvgIpc) is 2.02. The molecule has 0 aromatic rings. The minimum absolute atomic E-state index is 0.0108. The summed E-state index contributed by atoms with van der Waals surface area (Å²) in [7, 11) is -2.88. The minimum atomic E-state index is -2.88. The Labute approximate surface area is 85.9 Å². The van der Waals surface area contributed by atoms with E-state index >= 15 is 0 Å². The van der Waals surface area contributed by atoms with Gasteiger partial charge in [0.1, 0.15) is 9.84 Å². The molecule has 0 amide bonds. The van der Waals surface area contributed by atoms with E-state index in [1.165, 1.54) is 6.26 Å². The van der Waals surface area contributed by atoms with Gasteiger partial charge in [0.05, 0.1) is 12.4 Å². The molecule has 1 aliphatic rings. The molecule has 2 atom stereocenters. The Morgan fingerprint density at radius 2 is 2.29 bits per heavy atom. The van der Waals surface area contributed by atoms with Crippen molar-refractivity contribution in [2.24, 2.45) is 0 Å². The second-order valence-corrected chi connectivity index (χ2v) is 6.26. The standard InChI is InChI=1S/C9H19NO3S/c1-8(7-14(2,11)12)10-9-4-3-5-13-6-9/h8-10H,3-7H2,1-2H3. The first-order valence-corrected chi connectivity index (χ1v) is 7.05. The van der Waals surface area contributed by atoms with Gasteiger partial charge in [0.25, 0.3) is 0 Å². The van der Waals surface area contributed by atoms with E-state index in [9.17, 15) is 8.42 Å². The summed E-state index contributed by atoms with van der Waals surface area (Å²) in [6.07, 6.45) is 3.40. The second kappa shape index (κ2) is 5.09. The lowest BCUT2D eigenvalue weighted by Crippen LogP contribution is -2.44. The van der Waals surface area contributed by atoms with Gasteiger partial charge in [-0.25, -0.2) is 8.42 Å². The Balaban J connectivity index is 2.28. The maximum atomic E-state index is 11.0. The normalized spacial score (nSPS) is 26.0. The van der Waals surface area contributed by atoms with Crippen molar-refractivity contribution in [3.8, 4) is 0 Å². The molecule has 0 spiro atoms. The zero-order valence-corrected chi connectivity index (χ0v) is 9.64. The SMILES string of the molecule is CC(CS(C)(=O)=O)NC1CCCOC1. The van der Waals surface area contributed by atoms with E-state index in [0.29, 0.717) is 12.6 Å². The number of hydrogen-bond donors (Lipinski definition) is 1. The number of hydrogen-bond acceptors (Lipinski definition) is 4. The van der Waals surface area contributed by atoms with Gasteiger partial charge in [-0.2, -0.15) is 0 Å². The lowest BCUT2D eigenvalue weighted by Gasteiger charge is -2.26. The Hall–Kier alpha value is -0.130. The smallest absolute Gasteiger partial charge is 0.148 e. The van der Waals surface area contributed by atoms with E-state index in [-0.39, 0.29) is 11.8 Å². The molecule has 1 saturated heterocycles. The summed E-state index contributed by atoms with van der Waals surface area (Å²) in [5.41, 5.74) is 0. The van der Waals surface area contributed by atoms with Crippen LogP contribution < -0.4 is 5.32 Å².